The molecule has 0 N–H and O–H groups in total. The Morgan fingerprint density at radius 3 is 2.52 bits per heavy atom. The zero-order chi connectivity index (χ0) is 20.6. The highest BCUT2D eigenvalue weighted by Crippen LogP contribution is 2.21. The molecule has 3 heterocycles. The highest BCUT2D eigenvalue weighted by Gasteiger charge is 2.30. The van der Waals surface area contributed by atoms with E-state index >= 15 is 0 Å². The first kappa shape index (κ1) is 20.0. The van der Waals surface area contributed by atoms with Crippen LogP contribution in [0, 0.1) is 10.6 Å². The first-order valence-corrected chi connectivity index (χ1v) is 10.9. The third-order valence-electron chi connectivity index (χ3n) is 4.90. The summed E-state index contributed by atoms with van der Waals surface area (Å²) in [4.78, 5) is 1.77. The summed E-state index contributed by atoms with van der Waals surface area (Å²) in [6.07, 6.45) is 1.58. The van der Waals surface area contributed by atoms with Gasteiger partial charge >= 0.3 is 0 Å². The molecule has 4 rings (SSSR count). The van der Waals surface area contributed by atoms with Crippen molar-refractivity contribution in [2.24, 2.45) is 7.05 Å². The maximum Gasteiger partial charge on any atom is 0.246 e. The number of hydrogen-bond donors (Lipinski definition) is 0. The molecule has 29 heavy (non-hydrogen) atoms. The van der Waals surface area contributed by atoms with Gasteiger partial charge in [0.25, 0.3) is 0 Å². The number of rotatable bonds is 5. The van der Waals surface area contributed by atoms with Gasteiger partial charge in [-0.3, -0.25) is 4.90 Å². The van der Waals surface area contributed by atoms with Crippen LogP contribution in [0.4, 0.5) is 4.39 Å². The maximum absolute atomic E-state index is 14.0. The monoisotopic (exact) mass is 437 g/mol. The molecule has 3 aromatic rings. The van der Waals surface area contributed by atoms with E-state index in [2.05, 4.69) is 10.00 Å². The third-order valence-corrected chi connectivity index (χ3v) is 7.32. The van der Waals surface area contributed by atoms with Gasteiger partial charge in [0, 0.05) is 33.2 Å². The Morgan fingerprint density at radius 2 is 1.86 bits per heavy atom. The van der Waals surface area contributed by atoms with Gasteiger partial charge in [0.15, 0.2) is 16.4 Å². The zero-order valence-electron chi connectivity index (χ0n) is 15.7. The summed E-state index contributed by atoms with van der Waals surface area (Å²) in [7, 11) is -2.04. The molecule has 0 bridgehead atoms. The Kier molecular flexibility index (Phi) is 5.38. The van der Waals surface area contributed by atoms with Crippen LogP contribution in [0.3, 0.4) is 0 Å². The Balaban J connectivity index is 1.45. The van der Waals surface area contributed by atoms with E-state index in [9.17, 15) is 12.8 Å². The number of piperazine rings is 1. The van der Waals surface area contributed by atoms with Crippen LogP contribution in [0.2, 0.25) is 0 Å². The highest BCUT2D eigenvalue weighted by atomic mass is 32.2. The molecule has 0 radical (unpaired) electrons. The zero-order valence-corrected chi connectivity index (χ0v) is 17.4. The lowest BCUT2D eigenvalue weighted by Crippen LogP contribution is -2.49. The summed E-state index contributed by atoms with van der Waals surface area (Å²) in [5, 5.41) is 4.53. The second kappa shape index (κ2) is 7.82. The van der Waals surface area contributed by atoms with E-state index in [4.69, 9.17) is 16.6 Å². The van der Waals surface area contributed by atoms with Gasteiger partial charge in [0.1, 0.15) is 10.7 Å². The van der Waals surface area contributed by atoms with E-state index in [1.807, 2.05) is 13.1 Å². The van der Waals surface area contributed by atoms with Gasteiger partial charge in [0.05, 0.1) is 12.9 Å². The molecule has 11 heteroatoms. The average molecular weight is 438 g/mol. The summed E-state index contributed by atoms with van der Waals surface area (Å²) in [6.45, 7) is 1.94. The minimum absolute atomic E-state index is 0.266. The predicted octanol–water partition coefficient (Wildman–Crippen LogP) is 2.31. The molecule has 154 valence electrons. The van der Waals surface area contributed by atoms with Crippen LogP contribution >= 0.6 is 12.2 Å². The molecule has 0 unspecified atom stereocenters. The van der Waals surface area contributed by atoms with E-state index in [1.54, 1.807) is 21.6 Å². The molecule has 1 fully saturated rings. The number of hydrogen-bond acceptors (Lipinski definition) is 6. The van der Waals surface area contributed by atoms with Crippen molar-refractivity contribution >= 4 is 22.2 Å². The Bertz CT molecular complexity index is 1160. The minimum atomic E-state index is -3.86. The van der Waals surface area contributed by atoms with Crippen LogP contribution in [-0.4, -0.2) is 58.1 Å². The van der Waals surface area contributed by atoms with Crippen molar-refractivity contribution in [3.05, 3.63) is 53.2 Å². The van der Waals surface area contributed by atoms with Crippen LogP contribution in [0.25, 0.3) is 11.6 Å². The fourth-order valence-corrected chi connectivity index (χ4v) is 4.97. The van der Waals surface area contributed by atoms with Crippen molar-refractivity contribution in [2.45, 2.75) is 11.6 Å². The van der Waals surface area contributed by atoms with Crippen molar-refractivity contribution in [2.75, 3.05) is 26.2 Å². The van der Waals surface area contributed by atoms with E-state index in [1.165, 1.54) is 22.5 Å². The van der Waals surface area contributed by atoms with Crippen molar-refractivity contribution in [1.82, 2.24) is 23.6 Å². The van der Waals surface area contributed by atoms with Crippen LogP contribution in [0.5, 0.6) is 0 Å². The molecule has 0 aliphatic carbocycles. The summed E-state index contributed by atoms with van der Waals surface area (Å²) in [5.41, 5.74) is 0. The minimum Gasteiger partial charge on any atom is -0.461 e. The summed E-state index contributed by atoms with van der Waals surface area (Å²) < 4.78 is 50.1. The van der Waals surface area contributed by atoms with Crippen LogP contribution in [0.1, 0.15) is 0 Å². The summed E-state index contributed by atoms with van der Waals surface area (Å²) in [5.74, 6) is 0.513. The molecule has 1 saturated heterocycles. The Hall–Kier alpha value is -2.34. The van der Waals surface area contributed by atoms with Crippen LogP contribution in [0.15, 0.2) is 52.0 Å². The average Bonchev–Trinajstić information content (AvgIpc) is 3.33. The van der Waals surface area contributed by atoms with E-state index in [0.29, 0.717) is 36.1 Å². The molecule has 8 nitrogen and oxygen atoms in total. The molecule has 1 aliphatic heterocycles. The predicted molar refractivity (Wildman–Crippen MR) is 106 cm³/mol. The van der Waals surface area contributed by atoms with Crippen molar-refractivity contribution < 1.29 is 17.2 Å². The van der Waals surface area contributed by atoms with Gasteiger partial charge in [-0.1, -0.05) is 12.1 Å². The first-order chi connectivity index (χ1) is 13.9. The Labute approximate surface area is 172 Å². The van der Waals surface area contributed by atoms with E-state index in [-0.39, 0.29) is 18.0 Å². The molecule has 2 aromatic heterocycles. The molecule has 0 amide bonds. The second-order valence-corrected chi connectivity index (χ2v) is 9.01. The fraction of sp³-hybridized carbons (Fsp3) is 0.333. The molecule has 0 atom stereocenters. The third kappa shape index (κ3) is 3.78. The summed E-state index contributed by atoms with van der Waals surface area (Å²) >= 11 is 5.46. The normalized spacial score (nSPS) is 16.3. The van der Waals surface area contributed by atoms with Crippen LogP contribution in [-0.2, 0) is 23.7 Å². The maximum atomic E-state index is 14.0. The summed E-state index contributed by atoms with van der Waals surface area (Å²) in [6, 6.07) is 9.04. The molecule has 1 aromatic carbocycles. The van der Waals surface area contributed by atoms with Gasteiger partial charge in [-0.2, -0.15) is 4.31 Å². The van der Waals surface area contributed by atoms with Gasteiger partial charge in [-0.05, 0) is 36.5 Å². The topological polar surface area (TPSA) is 76.5 Å². The smallest absolute Gasteiger partial charge is 0.246 e. The van der Waals surface area contributed by atoms with Crippen molar-refractivity contribution in [3.63, 3.8) is 0 Å². The number of sulfonamides is 1. The van der Waals surface area contributed by atoms with Gasteiger partial charge in [0.2, 0.25) is 10.0 Å². The largest absolute Gasteiger partial charge is 0.461 e. The lowest BCUT2D eigenvalue weighted by molar-refractivity contribution is 0.144. The van der Waals surface area contributed by atoms with Gasteiger partial charge in [-0.15, -0.1) is 5.10 Å². The fourth-order valence-electron chi connectivity index (χ4n) is 3.29. The molecule has 0 saturated carbocycles. The van der Waals surface area contributed by atoms with E-state index in [0.717, 1.165) is 6.07 Å². The lowest BCUT2D eigenvalue weighted by Gasteiger charge is -2.33. The lowest BCUT2D eigenvalue weighted by atomic mass is 10.3. The van der Waals surface area contributed by atoms with Crippen molar-refractivity contribution in [3.8, 4) is 11.6 Å². The quantitative estimate of drug-likeness (QED) is 0.570. The highest BCUT2D eigenvalue weighted by molar-refractivity contribution is 7.89. The second-order valence-electron chi connectivity index (χ2n) is 6.74. The SMILES string of the molecule is Cn1c(-c2ccco2)nn(CN2CCN(S(=O)(=O)c3ccccc3F)CC2)c1=S. The number of benzene rings is 1. The number of aromatic nitrogens is 3. The number of furan rings is 1. The Morgan fingerprint density at radius 1 is 1.14 bits per heavy atom. The molecule has 0 spiro atoms. The molecular formula is C18H20FN5O3S2. The van der Waals surface area contributed by atoms with Crippen LogP contribution < -0.4 is 0 Å². The van der Waals surface area contributed by atoms with Crippen molar-refractivity contribution in [1.29, 1.82) is 0 Å². The molecular weight excluding hydrogens is 417 g/mol. The van der Waals surface area contributed by atoms with Gasteiger partial charge < -0.3 is 8.98 Å². The first-order valence-electron chi connectivity index (χ1n) is 9.02. The van der Waals surface area contributed by atoms with Gasteiger partial charge in [-0.25, -0.2) is 17.5 Å². The number of halogens is 1. The number of nitrogens with zero attached hydrogens (tertiary/aromatic N) is 5. The standard InChI is InChI=1S/C18H20FN5O3S2/c1-21-17(15-6-4-12-27-15)20-24(18(21)28)13-22-8-10-23(11-9-22)29(25,26)16-7-3-2-5-14(16)19/h2-7,12H,8-11,13H2,1H3. The molecule has 1 aliphatic rings. The van der Waals surface area contributed by atoms with E-state index < -0.39 is 15.8 Å².